The van der Waals surface area contributed by atoms with E-state index in [1.54, 1.807) is 0 Å². The molecule has 0 unspecified atom stereocenters. The minimum absolute atomic E-state index is 0.340. The zero-order chi connectivity index (χ0) is 10.1. The molecule has 1 aromatic carbocycles. The molecule has 0 amide bonds. The Labute approximate surface area is 70.8 Å². The average Bonchev–Trinajstić information content (AvgIpc) is 2.01. The maximum atomic E-state index is 12.5. The van der Waals surface area contributed by atoms with Gasteiger partial charge in [-0.1, -0.05) is 0 Å². The van der Waals surface area contributed by atoms with Crippen LogP contribution in [0.25, 0.3) is 0 Å². The molecule has 1 rings (SSSR count). The third kappa shape index (κ3) is 2.32. The van der Waals surface area contributed by atoms with Gasteiger partial charge in [-0.25, -0.2) is 4.39 Å². The number of halogens is 4. The van der Waals surface area contributed by atoms with Crippen LogP contribution in [0.4, 0.5) is 23.2 Å². The molecule has 6 heteroatoms. The summed E-state index contributed by atoms with van der Waals surface area (Å²) in [6.45, 7) is 0. The maximum Gasteiger partial charge on any atom is 0.416 e. The number of hydrogen-bond acceptors (Lipinski definition) is 2. The molecule has 0 aromatic heterocycles. The van der Waals surface area contributed by atoms with Gasteiger partial charge in [-0.15, -0.1) is 0 Å². The van der Waals surface area contributed by atoms with Gasteiger partial charge in [0, 0.05) is 0 Å². The van der Waals surface area contributed by atoms with E-state index in [1.807, 2.05) is 0 Å². The topological polar surface area (TPSA) is 32.3 Å². The molecule has 0 saturated heterocycles. The van der Waals surface area contributed by atoms with Crippen LogP contribution in [0.5, 0.6) is 0 Å². The third-order valence-corrected chi connectivity index (χ3v) is 1.35. The summed E-state index contributed by atoms with van der Waals surface area (Å²) in [5.41, 5.74) is -0.0492. The highest BCUT2D eigenvalue weighted by atomic mass is 19.4. The second kappa shape index (κ2) is 3.21. The van der Waals surface area contributed by atoms with E-state index in [2.05, 4.69) is 0 Å². The molecule has 2 N–H and O–H groups in total. The number of hydrogen-bond donors (Lipinski definition) is 2. The van der Waals surface area contributed by atoms with Gasteiger partial charge >= 0.3 is 6.18 Å². The van der Waals surface area contributed by atoms with Gasteiger partial charge in [0.05, 0.1) is 11.3 Å². The molecule has 0 fully saturated rings. The van der Waals surface area contributed by atoms with Crippen LogP contribution in [-0.4, -0.2) is 5.21 Å². The molecule has 0 atom stereocenters. The molecule has 13 heavy (non-hydrogen) atoms. The van der Waals surface area contributed by atoms with E-state index in [-0.39, 0.29) is 5.69 Å². The minimum atomic E-state index is -4.62. The molecule has 0 aliphatic carbocycles. The molecule has 0 saturated carbocycles. The Hall–Kier alpha value is -1.30. The fraction of sp³-hybridized carbons (Fsp3) is 0.143. The summed E-state index contributed by atoms with van der Waals surface area (Å²) in [7, 11) is 0. The monoisotopic (exact) mass is 195 g/mol. The number of rotatable bonds is 1. The van der Waals surface area contributed by atoms with E-state index in [0.717, 1.165) is 6.07 Å². The average molecular weight is 195 g/mol. The summed E-state index contributed by atoms with van der Waals surface area (Å²) in [6, 6.07) is 1.69. The highest BCUT2D eigenvalue weighted by Crippen LogP contribution is 2.31. The highest BCUT2D eigenvalue weighted by Gasteiger charge is 2.31. The molecule has 0 radical (unpaired) electrons. The van der Waals surface area contributed by atoms with Crippen molar-refractivity contribution in [2.45, 2.75) is 6.18 Å². The first-order valence-corrected chi connectivity index (χ1v) is 3.21. The zero-order valence-corrected chi connectivity index (χ0v) is 6.19. The molecular formula is C7H5F4NO. The quantitative estimate of drug-likeness (QED) is 0.533. The molecule has 0 aliphatic heterocycles. The predicted octanol–water partition coefficient (Wildman–Crippen LogP) is 2.65. The Morgan fingerprint density at radius 3 is 2.23 bits per heavy atom. The Balaban J connectivity index is 3.16. The van der Waals surface area contributed by atoms with Gasteiger partial charge in [0.2, 0.25) is 0 Å². The molecule has 1 aromatic rings. The summed E-state index contributed by atoms with van der Waals surface area (Å²) in [5, 5.41) is 8.27. The van der Waals surface area contributed by atoms with Crippen LogP contribution in [-0.2, 0) is 6.18 Å². The molecule has 0 bridgehead atoms. The fourth-order valence-corrected chi connectivity index (χ4v) is 0.818. The lowest BCUT2D eigenvalue weighted by Gasteiger charge is -2.08. The van der Waals surface area contributed by atoms with Crippen molar-refractivity contribution >= 4 is 5.69 Å². The first kappa shape index (κ1) is 9.79. The maximum absolute atomic E-state index is 12.5. The van der Waals surface area contributed by atoms with Gasteiger partial charge < -0.3 is 0 Å². The number of benzene rings is 1. The van der Waals surface area contributed by atoms with Gasteiger partial charge in [-0.05, 0) is 18.2 Å². The second-order valence-corrected chi connectivity index (χ2v) is 2.34. The predicted molar refractivity (Wildman–Crippen MR) is 36.8 cm³/mol. The van der Waals surface area contributed by atoms with Crippen molar-refractivity contribution in [3.05, 3.63) is 29.6 Å². The van der Waals surface area contributed by atoms with E-state index in [4.69, 9.17) is 5.21 Å². The third-order valence-electron chi connectivity index (χ3n) is 1.35. The van der Waals surface area contributed by atoms with Crippen molar-refractivity contribution < 1.29 is 22.8 Å². The van der Waals surface area contributed by atoms with Gasteiger partial charge in [-0.2, -0.15) is 13.2 Å². The Morgan fingerprint density at radius 2 is 1.77 bits per heavy atom. The number of alkyl halides is 3. The summed E-state index contributed by atoms with van der Waals surface area (Å²) >= 11 is 0. The summed E-state index contributed by atoms with van der Waals surface area (Å²) in [6.07, 6.45) is -4.62. The van der Waals surface area contributed by atoms with Crippen LogP contribution < -0.4 is 5.48 Å². The SMILES string of the molecule is ONc1cc(F)cc(C(F)(F)F)c1. The molecule has 0 heterocycles. The van der Waals surface area contributed by atoms with Gasteiger partial charge in [0.25, 0.3) is 0 Å². The Bertz CT molecular complexity index is 310. The van der Waals surface area contributed by atoms with Crippen LogP contribution in [0.3, 0.4) is 0 Å². The Morgan fingerprint density at radius 1 is 1.15 bits per heavy atom. The van der Waals surface area contributed by atoms with E-state index in [0.29, 0.717) is 12.1 Å². The van der Waals surface area contributed by atoms with Crippen LogP contribution in [0.2, 0.25) is 0 Å². The lowest BCUT2D eigenvalue weighted by Crippen LogP contribution is -2.06. The first-order chi connectivity index (χ1) is 5.93. The fourth-order valence-electron chi connectivity index (χ4n) is 0.818. The van der Waals surface area contributed by atoms with Crippen molar-refractivity contribution in [3.63, 3.8) is 0 Å². The van der Waals surface area contributed by atoms with Crippen molar-refractivity contribution in [2.75, 3.05) is 5.48 Å². The number of anilines is 1. The van der Waals surface area contributed by atoms with Gasteiger partial charge in [0.1, 0.15) is 5.82 Å². The number of nitrogens with one attached hydrogen (secondary N) is 1. The standard InChI is InChI=1S/C7H5F4NO/c8-5-1-4(7(9,10)11)2-6(3-5)12-13/h1-3,12-13H. The van der Waals surface area contributed by atoms with E-state index >= 15 is 0 Å². The molecule has 0 aliphatic rings. The van der Waals surface area contributed by atoms with Crippen molar-refractivity contribution in [3.8, 4) is 0 Å². The second-order valence-electron chi connectivity index (χ2n) is 2.34. The van der Waals surface area contributed by atoms with E-state index in [1.165, 1.54) is 5.48 Å². The van der Waals surface area contributed by atoms with Crippen LogP contribution in [0, 0.1) is 5.82 Å². The Kier molecular flexibility index (Phi) is 2.42. The molecule has 0 spiro atoms. The largest absolute Gasteiger partial charge is 0.416 e. The normalized spacial score (nSPS) is 11.5. The van der Waals surface area contributed by atoms with Crippen LogP contribution in [0.15, 0.2) is 18.2 Å². The van der Waals surface area contributed by atoms with Crippen LogP contribution >= 0.6 is 0 Å². The van der Waals surface area contributed by atoms with Crippen molar-refractivity contribution in [2.24, 2.45) is 0 Å². The molecule has 2 nitrogen and oxygen atoms in total. The first-order valence-electron chi connectivity index (χ1n) is 3.21. The van der Waals surface area contributed by atoms with E-state index < -0.39 is 17.6 Å². The summed E-state index contributed by atoms with van der Waals surface area (Å²) in [5.74, 6) is -1.06. The summed E-state index contributed by atoms with van der Waals surface area (Å²) < 4.78 is 48.5. The lowest BCUT2D eigenvalue weighted by molar-refractivity contribution is -0.137. The van der Waals surface area contributed by atoms with E-state index in [9.17, 15) is 17.6 Å². The summed E-state index contributed by atoms with van der Waals surface area (Å²) in [4.78, 5) is 0. The lowest BCUT2D eigenvalue weighted by atomic mass is 10.2. The smallest absolute Gasteiger partial charge is 0.291 e. The molecule has 72 valence electrons. The highest BCUT2D eigenvalue weighted by molar-refractivity contribution is 5.44. The van der Waals surface area contributed by atoms with Crippen molar-refractivity contribution in [1.29, 1.82) is 0 Å². The van der Waals surface area contributed by atoms with Crippen LogP contribution in [0.1, 0.15) is 5.56 Å². The minimum Gasteiger partial charge on any atom is -0.291 e. The zero-order valence-electron chi connectivity index (χ0n) is 6.19. The van der Waals surface area contributed by atoms with Crippen molar-refractivity contribution in [1.82, 2.24) is 0 Å². The molecular weight excluding hydrogens is 190 g/mol. The van der Waals surface area contributed by atoms with Gasteiger partial charge in [0.15, 0.2) is 0 Å². The van der Waals surface area contributed by atoms with Gasteiger partial charge in [-0.3, -0.25) is 10.7 Å².